The van der Waals surface area contributed by atoms with Crippen molar-refractivity contribution in [1.29, 1.82) is 0 Å². The molecule has 2 aromatic heterocycles. The largest absolute Gasteiger partial charge is 0.441 e. The summed E-state index contributed by atoms with van der Waals surface area (Å²) in [5.74, 6) is 1.13. The van der Waals surface area contributed by atoms with Crippen molar-refractivity contribution in [1.82, 2.24) is 19.7 Å². The van der Waals surface area contributed by atoms with Crippen LogP contribution >= 0.6 is 0 Å². The van der Waals surface area contributed by atoms with E-state index in [1.165, 1.54) is 6.33 Å². The lowest BCUT2D eigenvalue weighted by Gasteiger charge is -2.07. The Bertz CT molecular complexity index is 1060. The van der Waals surface area contributed by atoms with Crippen LogP contribution in [0.3, 0.4) is 0 Å². The van der Waals surface area contributed by atoms with Crippen molar-refractivity contribution in [2.45, 2.75) is 13.8 Å². The van der Waals surface area contributed by atoms with Gasteiger partial charge in [-0.05, 0) is 56.3 Å². The van der Waals surface area contributed by atoms with Gasteiger partial charge in [0.25, 0.3) is 5.91 Å². The molecule has 0 spiro atoms. The van der Waals surface area contributed by atoms with Gasteiger partial charge in [0.05, 0.1) is 11.4 Å². The van der Waals surface area contributed by atoms with Gasteiger partial charge in [0, 0.05) is 16.8 Å². The minimum absolute atomic E-state index is 0.197. The highest BCUT2D eigenvalue weighted by Crippen LogP contribution is 2.24. The van der Waals surface area contributed by atoms with E-state index in [1.54, 1.807) is 23.1 Å². The number of hydrogen-bond donors (Lipinski definition) is 1. The first-order valence-corrected chi connectivity index (χ1v) is 8.41. The fourth-order valence-electron chi connectivity index (χ4n) is 2.64. The average molecular weight is 359 g/mol. The number of aryl methyl sites for hydroxylation is 2. The van der Waals surface area contributed by atoms with Crippen LogP contribution in [-0.4, -0.2) is 25.7 Å². The van der Waals surface area contributed by atoms with Crippen LogP contribution in [0.2, 0.25) is 0 Å². The van der Waals surface area contributed by atoms with Crippen LogP contribution in [-0.2, 0) is 0 Å². The first kappa shape index (κ1) is 16.7. The average Bonchev–Trinajstić information content (AvgIpc) is 3.33. The van der Waals surface area contributed by atoms with Gasteiger partial charge in [-0.25, -0.2) is 14.6 Å². The zero-order valence-electron chi connectivity index (χ0n) is 14.9. The van der Waals surface area contributed by atoms with Crippen LogP contribution in [0.1, 0.15) is 21.8 Å². The summed E-state index contributed by atoms with van der Waals surface area (Å²) in [6, 6.07) is 14.5. The van der Waals surface area contributed by atoms with Gasteiger partial charge in [-0.15, -0.1) is 0 Å². The van der Waals surface area contributed by atoms with Crippen molar-refractivity contribution >= 4 is 11.6 Å². The quantitative estimate of drug-likeness (QED) is 0.599. The maximum atomic E-state index is 12.5. The summed E-state index contributed by atoms with van der Waals surface area (Å²) in [4.78, 5) is 20.8. The molecule has 0 atom stereocenters. The van der Waals surface area contributed by atoms with E-state index in [4.69, 9.17) is 4.42 Å². The predicted octanol–water partition coefficient (Wildman–Crippen LogP) is 3.79. The zero-order valence-corrected chi connectivity index (χ0v) is 14.9. The number of oxazole rings is 1. The molecule has 2 aromatic carbocycles. The minimum Gasteiger partial charge on any atom is -0.441 e. The van der Waals surface area contributed by atoms with Crippen LogP contribution in [0.15, 0.2) is 65.6 Å². The third-order valence-corrected chi connectivity index (χ3v) is 4.21. The van der Waals surface area contributed by atoms with E-state index in [-0.39, 0.29) is 5.91 Å². The normalized spacial score (nSPS) is 10.7. The molecular weight excluding hydrogens is 342 g/mol. The summed E-state index contributed by atoms with van der Waals surface area (Å²) >= 11 is 0. The van der Waals surface area contributed by atoms with Crippen molar-refractivity contribution in [3.05, 3.63) is 78.2 Å². The lowest BCUT2D eigenvalue weighted by molar-refractivity contribution is 0.102. The highest BCUT2D eigenvalue weighted by molar-refractivity contribution is 6.04. The van der Waals surface area contributed by atoms with Gasteiger partial charge in [0.15, 0.2) is 0 Å². The molecule has 1 N–H and O–H groups in total. The lowest BCUT2D eigenvalue weighted by Crippen LogP contribution is -2.12. The molecule has 4 aromatic rings. The number of anilines is 1. The third-order valence-electron chi connectivity index (χ3n) is 4.21. The van der Waals surface area contributed by atoms with Crippen LogP contribution in [0.5, 0.6) is 0 Å². The number of benzene rings is 2. The number of carbonyl (C=O) groups excluding carboxylic acids is 1. The van der Waals surface area contributed by atoms with Crippen molar-refractivity contribution in [2.75, 3.05) is 5.32 Å². The Hall–Kier alpha value is -3.74. The van der Waals surface area contributed by atoms with E-state index in [0.29, 0.717) is 17.1 Å². The lowest BCUT2D eigenvalue weighted by atomic mass is 10.1. The van der Waals surface area contributed by atoms with Crippen LogP contribution < -0.4 is 5.32 Å². The van der Waals surface area contributed by atoms with E-state index in [9.17, 15) is 4.79 Å². The summed E-state index contributed by atoms with van der Waals surface area (Å²) in [6.45, 7) is 3.78. The van der Waals surface area contributed by atoms with Gasteiger partial charge < -0.3 is 9.73 Å². The fraction of sp³-hybridized carbons (Fsp3) is 0.100. The predicted molar refractivity (Wildman–Crippen MR) is 101 cm³/mol. The first-order chi connectivity index (χ1) is 13.1. The van der Waals surface area contributed by atoms with E-state index >= 15 is 0 Å². The van der Waals surface area contributed by atoms with Gasteiger partial charge in [0.2, 0.25) is 5.89 Å². The molecule has 0 fully saturated rings. The van der Waals surface area contributed by atoms with E-state index in [1.807, 2.05) is 50.2 Å². The van der Waals surface area contributed by atoms with E-state index < -0.39 is 0 Å². The zero-order chi connectivity index (χ0) is 18.8. The molecule has 0 bridgehead atoms. The van der Waals surface area contributed by atoms with Crippen molar-refractivity contribution in [2.24, 2.45) is 0 Å². The fourth-order valence-corrected chi connectivity index (χ4v) is 2.64. The number of aromatic nitrogens is 4. The second-order valence-electron chi connectivity index (χ2n) is 6.08. The Kier molecular flexibility index (Phi) is 4.25. The number of amides is 1. The Balaban J connectivity index is 1.52. The monoisotopic (exact) mass is 359 g/mol. The standard InChI is InChI=1S/C20H17N5O2/c1-13-14(2)27-20(23-13)16-4-3-5-17(10-16)24-19(26)15-6-8-18(9-7-15)25-12-21-11-22-25/h3-12H,1-2H3,(H,24,26). The molecule has 0 saturated carbocycles. The summed E-state index contributed by atoms with van der Waals surface area (Å²) in [5.41, 5.74) is 3.72. The highest BCUT2D eigenvalue weighted by Gasteiger charge is 2.11. The molecule has 0 aliphatic heterocycles. The maximum Gasteiger partial charge on any atom is 0.255 e. The summed E-state index contributed by atoms with van der Waals surface area (Å²) < 4.78 is 7.29. The van der Waals surface area contributed by atoms with E-state index in [0.717, 1.165) is 22.7 Å². The van der Waals surface area contributed by atoms with Gasteiger partial charge in [-0.3, -0.25) is 4.79 Å². The minimum atomic E-state index is -0.197. The van der Waals surface area contributed by atoms with Crippen molar-refractivity contribution in [3.8, 4) is 17.1 Å². The third kappa shape index (κ3) is 3.48. The molecule has 0 unspecified atom stereocenters. The number of rotatable bonds is 4. The molecule has 134 valence electrons. The molecule has 1 amide bonds. The second kappa shape index (κ2) is 6.87. The van der Waals surface area contributed by atoms with Crippen LogP contribution in [0.25, 0.3) is 17.1 Å². The Morgan fingerprint density at radius 1 is 1.11 bits per heavy atom. The Labute approximate surface area is 155 Å². The topological polar surface area (TPSA) is 85.8 Å². The molecule has 27 heavy (non-hydrogen) atoms. The number of nitrogens with one attached hydrogen (secondary N) is 1. The van der Waals surface area contributed by atoms with Gasteiger partial charge in [-0.2, -0.15) is 5.10 Å². The molecule has 7 nitrogen and oxygen atoms in total. The molecule has 0 radical (unpaired) electrons. The van der Waals surface area contributed by atoms with Crippen LogP contribution in [0, 0.1) is 13.8 Å². The van der Waals surface area contributed by atoms with E-state index in [2.05, 4.69) is 20.4 Å². The molecule has 4 rings (SSSR count). The number of carbonyl (C=O) groups is 1. The SMILES string of the molecule is Cc1nc(-c2cccc(NC(=O)c3ccc(-n4cncn4)cc3)c2)oc1C. The van der Waals surface area contributed by atoms with Gasteiger partial charge >= 0.3 is 0 Å². The van der Waals surface area contributed by atoms with Crippen LogP contribution in [0.4, 0.5) is 5.69 Å². The van der Waals surface area contributed by atoms with Crippen molar-refractivity contribution in [3.63, 3.8) is 0 Å². The molecule has 0 aliphatic carbocycles. The smallest absolute Gasteiger partial charge is 0.255 e. The molecule has 7 heteroatoms. The van der Waals surface area contributed by atoms with Crippen molar-refractivity contribution < 1.29 is 9.21 Å². The Morgan fingerprint density at radius 2 is 1.93 bits per heavy atom. The molecule has 2 heterocycles. The van der Waals surface area contributed by atoms with Gasteiger partial charge in [0.1, 0.15) is 18.4 Å². The molecule has 0 saturated heterocycles. The second-order valence-corrected chi connectivity index (χ2v) is 6.08. The number of hydrogen-bond acceptors (Lipinski definition) is 5. The first-order valence-electron chi connectivity index (χ1n) is 8.41. The number of nitrogens with zero attached hydrogens (tertiary/aromatic N) is 4. The maximum absolute atomic E-state index is 12.5. The summed E-state index contributed by atoms with van der Waals surface area (Å²) in [5, 5.41) is 6.97. The van der Waals surface area contributed by atoms with Gasteiger partial charge in [-0.1, -0.05) is 6.07 Å². The molecule has 0 aliphatic rings. The summed E-state index contributed by atoms with van der Waals surface area (Å²) in [6.07, 6.45) is 3.07. The highest BCUT2D eigenvalue weighted by atomic mass is 16.4. The Morgan fingerprint density at radius 3 is 2.59 bits per heavy atom. The summed E-state index contributed by atoms with van der Waals surface area (Å²) in [7, 11) is 0. The molecular formula is C20H17N5O2.